The zero-order valence-corrected chi connectivity index (χ0v) is 12.8. The summed E-state index contributed by atoms with van der Waals surface area (Å²) < 4.78 is 21.3. The van der Waals surface area contributed by atoms with E-state index in [-0.39, 0.29) is 0 Å². The van der Waals surface area contributed by atoms with Gasteiger partial charge >= 0.3 is 0 Å². The Hall–Kier alpha value is -1.56. The third kappa shape index (κ3) is 3.37. The van der Waals surface area contributed by atoms with Gasteiger partial charge in [-0.3, -0.25) is 0 Å². The summed E-state index contributed by atoms with van der Waals surface area (Å²) in [5.74, 6) is 1.43. The molecule has 1 N–H and O–H groups in total. The fourth-order valence-electron chi connectivity index (χ4n) is 2.41. The van der Waals surface area contributed by atoms with Gasteiger partial charge in [-0.05, 0) is 37.3 Å². The number of aliphatic hydroxyl groups is 1. The molecule has 1 aromatic carbocycles. The van der Waals surface area contributed by atoms with E-state index in [9.17, 15) is 5.11 Å². The Morgan fingerprint density at radius 1 is 1.24 bits per heavy atom. The van der Waals surface area contributed by atoms with Gasteiger partial charge in [0.1, 0.15) is 17.1 Å². The zero-order chi connectivity index (χ0) is 15.5. The van der Waals surface area contributed by atoms with Crippen LogP contribution in [0.1, 0.15) is 12.5 Å². The lowest BCUT2D eigenvalue weighted by Gasteiger charge is -2.37. The number of benzene rings is 1. The SMILES string of the molecule is COc1ccc(OC)c(C[C@]2(O)C=C[C@H](OC)O[C@H]2C)c1. The van der Waals surface area contributed by atoms with Crippen LogP contribution in [0.4, 0.5) is 0 Å². The lowest BCUT2D eigenvalue weighted by Crippen LogP contribution is -2.47. The summed E-state index contributed by atoms with van der Waals surface area (Å²) in [5, 5.41) is 10.8. The fraction of sp³-hybridized carbons (Fsp3) is 0.500. The van der Waals surface area contributed by atoms with Crippen LogP contribution in [-0.2, 0) is 15.9 Å². The molecule has 116 valence electrons. The Balaban J connectivity index is 2.28. The van der Waals surface area contributed by atoms with E-state index in [1.807, 2.05) is 25.1 Å². The molecule has 2 rings (SSSR count). The molecular weight excluding hydrogens is 272 g/mol. The van der Waals surface area contributed by atoms with Gasteiger partial charge in [0.15, 0.2) is 6.29 Å². The normalized spacial score (nSPS) is 28.4. The molecule has 0 aromatic heterocycles. The van der Waals surface area contributed by atoms with Gasteiger partial charge in [-0.1, -0.05) is 0 Å². The monoisotopic (exact) mass is 294 g/mol. The van der Waals surface area contributed by atoms with Crippen molar-refractivity contribution < 1.29 is 24.1 Å². The van der Waals surface area contributed by atoms with Gasteiger partial charge in [0.2, 0.25) is 0 Å². The first-order valence-electron chi connectivity index (χ1n) is 6.83. The molecule has 1 aliphatic rings. The first kappa shape index (κ1) is 15.8. The average molecular weight is 294 g/mol. The highest BCUT2D eigenvalue weighted by atomic mass is 16.7. The number of rotatable bonds is 5. The van der Waals surface area contributed by atoms with Crippen molar-refractivity contribution in [1.82, 2.24) is 0 Å². The second-order valence-electron chi connectivity index (χ2n) is 5.09. The Morgan fingerprint density at radius 2 is 2.00 bits per heavy atom. The molecule has 1 aromatic rings. The Morgan fingerprint density at radius 3 is 2.57 bits per heavy atom. The van der Waals surface area contributed by atoms with Crippen molar-refractivity contribution in [3.05, 3.63) is 35.9 Å². The number of methoxy groups -OCH3 is 3. The predicted molar refractivity (Wildman–Crippen MR) is 78.7 cm³/mol. The van der Waals surface area contributed by atoms with Crippen molar-refractivity contribution in [2.75, 3.05) is 21.3 Å². The summed E-state index contributed by atoms with van der Waals surface area (Å²) in [6, 6.07) is 5.51. The summed E-state index contributed by atoms with van der Waals surface area (Å²) in [4.78, 5) is 0. The van der Waals surface area contributed by atoms with Gasteiger partial charge in [-0.15, -0.1) is 0 Å². The molecule has 0 radical (unpaired) electrons. The third-order valence-electron chi connectivity index (χ3n) is 3.78. The zero-order valence-electron chi connectivity index (χ0n) is 12.8. The van der Waals surface area contributed by atoms with Gasteiger partial charge in [0.25, 0.3) is 0 Å². The first-order valence-corrected chi connectivity index (χ1v) is 6.83. The van der Waals surface area contributed by atoms with E-state index in [2.05, 4.69) is 0 Å². The Kier molecular flexibility index (Phi) is 4.88. The van der Waals surface area contributed by atoms with Crippen molar-refractivity contribution in [1.29, 1.82) is 0 Å². The maximum atomic E-state index is 10.8. The molecule has 0 saturated carbocycles. The summed E-state index contributed by atoms with van der Waals surface area (Å²) in [5.41, 5.74) is -0.260. The Bertz CT molecular complexity index is 513. The molecule has 0 aliphatic carbocycles. The smallest absolute Gasteiger partial charge is 0.177 e. The maximum Gasteiger partial charge on any atom is 0.177 e. The van der Waals surface area contributed by atoms with Crippen molar-refractivity contribution in [2.45, 2.75) is 31.3 Å². The van der Waals surface area contributed by atoms with Crippen molar-refractivity contribution in [3.8, 4) is 11.5 Å². The van der Waals surface area contributed by atoms with Gasteiger partial charge in [0.05, 0.1) is 20.3 Å². The molecule has 0 fully saturated rings. The van der Waals surface area contributed by atoms with E-state index in [1.54, 1.807) is 33.5 Å². The second kappa shape index (κ2) is 6.47. The lowest BCUT2D eigenvalue weighted by atomic mass is 9.87. The number of hydrogen-bond acceptors (Lipinski definition) is 5. The summed E-state index contributed by atoms with van der Waals surface area (Å²) in [6.07, 6.45) is 2.98. The third-order valence-corrected chi connectivity index (χ3v) is 3.78. The molecule has 5 heteroatoms. The minimum atomic E-state index is -1.12. The van der Waals surface area contributed by atoms with Crippen LogP contribution in [0.5, 0.6) is 11.5 Å². The summed E-state index contributed by atoms with van der Waals surface area (Å²) >= 11 is 0. The Labute approximate surface area is 125 Å². The highest BCUT2D eigenvalue weighted by Crippen LogP contribution is 2.32. The van der Waals surface area contributed by atoms with Crippen LogP contribution in [0.25, 0.3) is 0 Å². The maximum absolute atomic E-state index is 10.8. The van der Waals surface area contributed by atoms with E-state index in [1.165, 1.54) is 0 Å². The van der Waals surface area contributed by atoms with E-state index < -0.39 is 18.0 Å². The fourth-order valence-corrected chi connectivity index (χ4v) is 2.41. The van der Waals surface area contributed by atoms with Gasteiger partial charge < -0.3 is 24.1 Å². The average Bonchev–Trinajstić information content (AvgIpc) is 2.50. The largest absolute Gasteiger partial charge is 0.497 e. The predicted octanol–water partition coefficient (Wildman–Crippen LogP) is 1.92. The van der Waals surface area contributed by atoms with E-state index in [0.717, 1.165) is 11.3 Å². The van der Waals surface area contributed by atoms with Gasteiger partial charge in [0, 0.05) is 19.1 Å². The van der Waals surface area contributed by atoms with Crippen LogP contribution in [0.2, 0.25) is 0 Å². The number of hydrogen-bond donors (Lipinski definition) is 1. The van der Waals surface area contributed by atoms with Crippen molar-refractivity contribution in [3.63, 3.8) is 0 Å². The number of ether oxygens (including phenoxy) is 4. The van der Waals surface area contributed by atoms with E-state index in [0.29, 0.717) is 12.2 Å². The standard InChI is InChI=1S/C16H22O5/c1-11-16(17,8-7-15(20-4)21-11)10-12-9-13(18-2)5-6-14(12)19-3/h5-9,11,15,17H,10H2,1-4H3/t11-,15+,16+/m0/s1. The molecule has 5 nitrogen and oxygen atoms in total. The topological polar surface area (TPSA) is 57.2 Å². The van der Waals surface area contributed by atoms with E-state index in [4.69, 9.17) is 18.9 Å². The molecule has 0 spiro atoms. The van der Waals surface area contributed by atoms with Crippen LogP contribution in [-0.4, -0.2) is 44.4 Å². The second-order valence-corrected chi connectivity index (χ2v) is 5.09. The van der Waals surface area contributed by atoms with Gasteiger partial charge in [-0.2, -0.15) is 0 Å². The molecule has 1 heterocycles. The van der Waals surface area contributed by atoms with Crippen LogP contribution in [0, 0.1) is 0 Å². The quantitative estimate of drug-likeness (QED) is 0.841. The summed E-state index contributed by atoms with van der Waals surface area (Å²) in [7, 11) is 4.78. The molecule has 21 heavy (non-hydrogen) atoms. The van der Waals surface area contributed by atoms with Crippen LogP contribution < -0.4 is 9.47 Å². The summed E-state index contributed by atoms with van der Waals surface area (Å²) in [6.45, 7) is 1.82. The molecule has 0 unspecified atom stereocenters. The van der Waals surface area contributed by atoms with Crippen LogP contribution >= 0.6 is 0 Å². The molecule has 0 saturated heterocycles. The molecule has 0 amide bonds. The van der Waals surface area contributed by atoms with Crippen molar-refractivity contribution >= 4 is 0 Å². The van der Waals surface area contributed by atoms with Gasteiger partial charge in [-0.25, -0.2) is 0 Å². The molecule has 0 bridgehead atoms. The lowest BCUT2D eigenvalue weighted by molar-refractivity contribution is -0.179. The highest BCUT2D eigenvalue weighted by Gasteiger charge is 2.37. The molecule has 3 atom stereocenters. The first-order chi connectivity index (χ1) is 10.0. The van der Waals surface area contributed by atoms with Crippen LogP contribution in [0.15, 0.2) is 30.4 Å². The van der Waals surface area contributed by atoms with Crippen molar-refractivity contribution in [2.24, 2.45) is 0 Å². The minimum Gasteiger partial charge on any atom is -0.497 e. The minimum absolute atomic E-state index is 0.363. The highest BCUT2D eigenvalue weighted by molar-refractivity contribution is 5.42. The molecule has 1 aliphatic heterocycles. The molecular formula is C16H22O5. The van der Waals surface area contributed by atoms with Crippen LogP contribution in [0.3, 0.4) is 0 Å². The van der Waals surface area contributed by atoms with E-state index >= 15 is 0 Å².